The van der Waals surface area contributed by atoms with Crippen molar-refractivity contribution in [3.05, 3.63) is 0 Å². The molecule has 21 heavy (non-hydrogen) atoms. The number of rotatable bonds is 4. The molecule has 0 amide bonds. The fourth-order valence-corrected chi connectivity index (χ4v) is 6.02. The number of hydrogen-bond donors (Lipinski definition) is 2. The van der Waals surface area contributed by atoms with Gasteiger partial charge < -0.3 is 11.1 Å². The smallest absolute Gasteiger partial charge is 0.187 e. The molecule has 1 heterocycles. The number of nitrogens with one attached hydrogen (secondary N) is 1. The van der Waals surface area contributed by atoms with Crippen LogP contribution in [0.5, 0.6) is 0 Å². The lowest BCUT2D eigenvalue weighted by Gasteiger charge is -2.23. The Balaban J connectivity index is 1.86. The van der Waals surface area contributed by atoms with Gasteiger partial charge in [0.15, 0.2) is 15.7 Å². The molecule has 0 aromatic carbocycles. The lowest BCUT2D eigenvalue weighted by atomic mass is 9.97. The van der Waals surface area contributed by atoms with Crippen LogP contribution in [0.1, 0.15) is 51.9 Å². The molecule has 1 aromatic heterocycles. The molecule has 2 aliphatic rings. The SMILES string of the molecule is CC1CCCCCC1Nc1snc(N)c1S(=O)(=O)C1CC1. The molecule has 2 fully saturated rings. The second-order valence-corrected chi connectivity index (χ2v) is 9.27. The Morgan fingerprint density at radius 1 is 1.19 bits per heavy atom. The maximum absolute atomic E-state index is 12.5. The fourth-order valence-electron chi connectivity index (χ4n) is 3.08. The van der Waals surface area contributed by atoms with Gasteiger partial charge in [0.05, 0.1) is 5.25 Å². The van der Waals surface area contributed by atoms with Gasteiger partial charge in [0.2, 0.25) is 0 Å². The molecule has 2 aliphatic carbocycles. The fraction of sp³-hybridized carbons (Fsp3) is 0.786. The van der Waals surface area contributed by atoms with Gasteiger partial charge in [-0.25, -0.2) is 8.42 Å². The van der Waals surface area contributed by atoms with Gasteiger partial charge >= 0.3 is 0 Å². The molecule has 2 unspecified atom stereocenters. The first-order valence-corrected chi connectivity index (χ1v) is 10.1. The summed E-state index contributed by atoms with van der Waals surface area (Å²) in [6.07, 6.45) is 7.49. The van der Waals surface area contributed by atoms with Crippen molar-refractivity contribution in [3.63, 3.8) is 0 Å². The van der Waals surface area contributed by atoms with Gasteiger partial charge in [0, 0.05) is 6.04 Å². The van der Waals surface area contributed by atoms with Crippen molar-refractivity contribution >= 4 is 32.2 Å². The van der Waals surface area contributed by atoms with Crippen LogP contribution in [-0.4, -0.2) is 24.1 Å². The van der Waals surface area contributed by atoms with Crippen molar-refractivity contribution in [2.24, 2.45) is 5.92 Å². The lowest BCUT2D eigenvalue weighted by molar-refractivity contribution is 0.457. The van der Waals surface area contributed by atoms with Crippen LogP contribution in [0.25, 0.3) is 0 Å². The van der Waals surface area contributed by atoms with Gasteiger partial charge in [-0.05, 0) is 43.1 Å². The minimum absolute atomic E-state index is 0.163. The molecule has 1 aromatic rings. The van der Waals surface area contributed by atoms with Gasteiger partial charge in [0.1, 0.15) is 9.90 Å². The van der Waals surface area contributed by atoms with Crippen LogP contribution in [-0.2, 0) is 9.84 Å². The normalized spacial score (nSPS) is 27.3. The molecular formula is C14H23N3O2S2. The van der Waals surface area contributed by atoms with Crippen LogP contribution in [0, 0.1) is 5.92 Å². The molecule has 2 atom stereocenters. The first-order chi connectivity index (χ1) is 10.00. The molecule has 3 rings (SSSR count). The summed E-state index contributed by atoms with van der Waals surface area (Å²) in [7, 11) is -3.30. The summed E-state index contributed by atoms with van der Waals surface area (Å²) >= 11 is 1.19. The first-order valence-electron chi connectivity index (χ1n) is 7.75. The zero-order chi connectivity index (χ0) is 15.0. The van der Waals surface area contributed by atoms with Crippen molar-refractivity contribution in [1.29, 1.82) is 0 Å². The number of nitrogens with two attached hydrogens (primary N) is 1. The minimum atomic E-state index is -3.30. The average Bonchev–Trinajstić information content (AvgIpc) is 3.22. The zero-order valence-electron chi connectivity index (χ0n) is 12.3. The molecule has 0 bridgehead atoms. The molecule has 0 aliphatic heterocycles. The highest BCUT2D eigenvalue weighted by Gasteiger charge is 2.41. The number of sulfone groups is 1. The summed E-state index contributed by atoms with van der Waals surface area (Å²) < 4.78 is 29.2. The van der Waals surface area contributed by atoms with Crippen LogP contribution in [0.2, 0.25) is 0 Å². The maximum atomic E-state index is 12.5. The van der Waals surface area contributed by atoms with E-state index in [4.69, 9.17) is 5.73 Å². The monoisotopic (exact) mass is 329 g/mol. The molecule has 3 N–H and O–H groups in total. The van der Waals surface area contributed by atoms with Gasteiger partial charge in [-0.2, -0.15) is 4.37 Å². The number of aromatic nitrogens is 1. The molecular weight excluding hydrogens is 306 g/mol. The van der Waals surface area contributed by atoms with Crippen LogP contribution in [0.4, 0.5) is 10.8 Å². The van der Waals surface area contributed by atoms with Gasteiger partial charge in [-0.15, -0.1) is 0 Å². The van der Waals surface area contributed by atoms with Crippen molar-refractivity contribution in [1.82, 2.24) is 4.37 Å². The van der Waals surface area contributed by atoms with Crippen molar-refractivity contribution in [3.8, 4) is 0 Å². The predicted molar refractivity (Wildman–Crippen MR) is 86.4 cm³/mol. The molecule has 2 saturated carbocycles. The van der Waals surface area contributed by atoms with Crippen LogP contribution in [0.15, 0.2) is 4.90 Å². The van der Waals surface area contributed by atoms with Crippen LogP contribution in [0.3, 0.4) is 0 Å². The van der Waals surface area contributed by atoms with E-state index in [1.807, 2.05) is 0 Å². The van der Waals surface area contributed by atoms with E-state index < -0.39 is 9.84 Å². The van der Waals surface area contributed by atoms with Gasteiger partial charge in [-0.1, -0.05) is 26.2 Å². The van der Waals surface area contributed by atoms with E-state index in [1.54, 1.807) is 0 Å². The summed E-state index contributed by atoms with van der Waals surface area (Å²) in [5.74, 6) is 0.711. The molecule has 0 saturated heterocycles. The summed E-state index contributed by atoms with van der Waals surface area (Å²) in [4.78, 5) is 0.256. The van der Waals surface area contributed by atoms with E-state index in [2.05, 4.69) is 16.6 Å². The van der Waals surface area contributed by atoms with E-state index >= 15 is 0 Å². The maximum Gasteiger partial charge on any atom is 0.187 e. The summed E-state index contributed by atoms with van der Waals surface area (Å²) in [6, 6.07) is 0.320. The average molecular weight is 329 g/mol. The summed E-state index contributed by atoms with van der Waals surface area (Å²) in [5, 5.41) is 3.85. The number of nitrogens with zero attached hydrogens (tertiary/aromatic N) is 1. The Morgan fingerprint density at radius 2 is 1.90 bits per heavy atom. The third-order valence-electron chi connectivity index (χ3n) is 4.60. The van der Waals surface area contributed by atoms with Crippen LogP contribution < -0.4 is 11.1 Å². The highest BCUT2D eigenvalue weighted by atomic mass is 32.2. The Morgan fingerprint density at radius 3 is 2.62 bits per heavy atom. The van der Waals surface area contributed by atoms with Crippen molar-refractivity contribution < 1.29 is 8.42 Å². The second-order valence-electron chi connectivity index (χ2n) is 6.34. The van der Waals surface area contributed by atoms with E-state index in [-0.39, 0.29) is 16.0 Å². The first kappa shape index (κ1) is 15.1. The van der Waals surface area contributed by atoms with Crippen molar-refractivity contribution in [2.75, 3.05) is 11.1 Å². The Labute approximate surface area is 130 Å². The largest absolute Gasteiger partial charge is 0.382 e. The Kier molecular flexibility index (Phi) is 4.14. The summed E-state index contributed by atoms with van der Waals surface area (Å²) in [5.41, 5.74) is 5.84. The van der Waals surface area contributed by atoms with Crippen LogP contribution >= 0.6 is 11.5 Å². The van der Waals surface area contributed by atoms with E-state index in [0.717, 1.165) is 19.3 Å². The summed E-state index contributed by atoms with van der Waals surface area (Å²) in [6.45, 7) is 2.24. The quantitative estimate of drug-likeness (QED) is 0.829. The molecule has 0 spiro atoms. The van der Waals surface area contributed by atoms with Gasteiger partial charge in [-0.3, -0.25) is 0 Å². The molecule has 7 heteroatoms. The third-order valence-corrected chi connectivity index (χ3v) is 7.85. The number of hydrogen-bond acceptors (Lipinski definition) is 6. The zero-order valence-corrected chi connectivity index (χ0v) is 14.0. The molecule has 118 valence electrons. The standard InChI is InChI=1S/C14H23N3O2S2/c1-9-5-3-2-4-6-11(9)16-14-12(13(15)17-20-14)21(18,19)10-7-8-10/h9-11,16H,2-8H2,1H3,(H2,15,17). The van der Waals surface area contributed by atoms with E-state index in [0.29, 0.717) is 17.0 Å². The Bertz CT molecular complexity index is 608. The number of nitrogen functional groups attached to an aromatic ring is 1. The van der Waals surface area contributed by atoms with E-state index in [1.165, 1.54) is 37.2 Å². The number of anilines is 2. The third kappa shape index (κ3) is 3.04. The van der Waals surface area contributed by atoms with E-state index in [9.17, 15) is 8.42 Å². The predicted octanol–water partition coefficient (Wildman–Crippen LogP) is 3.04. The van der Waals surface area contributed by atoms with Crippen molar-refractivity contribution in [2.45, 2.75) is 68.1 Å². The highest BCUT2D eigenvalue weighted by Crippen LogP contribution is 2.42. The Hall–Kier alpha value is -0.820. The minimum Gasteiger partial charge on any atom is -0.382 e. The molecule has 5 nitrogen and oxygen atoms in total. The highest BCUT2D eigenvalue weighted by molar-refractivity contribution is 7.92. The second kappa shape index (κ2) is 5.76. The molecule has 0 radical (unpaired) electrons. The van der Waals surface area contributed by atoms with Gasteiger partial charge in [0.25, 0.3) is 0 Å². The topological polar surface area (TPSA) is 85.1 Å². The lowest BCUT2D eigenvalue weighted by Crippen LogP contribution is -2.26.